The minimum atomic E-state index is -0.404. The Bertz CT molecular complexity index is 3150. The second-order valence-corrected chi connectivity index (χ2v) is 19.9. The number of hydrogen-bond donors (Lipinski definition) is 0. The largest absolute Gasteiger partial charge is 0.135 e. The molecule has 8 aromatic carbocycles. The van der Waals surface area contributed by atoms with Gasteiger partial charge in [-0.25, -0.2) is 0 Å². The molecule has 0 N–H and O–H groups in total. The normalized spacial score (nSPS) is 23.5. The maximum atomic E-state index is 2.56. The van der Waals surface area contributed by atoms with E-state index in [1.807, 2.05) is 11.3 Å². The van der Waals surface area contributed by atoms with Crippen LogP contribution in [0.1, 0.15) is 65.5 Å². The van der Waals surface area contributed by atoms with Gasteiger partial charge in [-0.3, -0.25) is 0 Å². The summed E-state index contributed by atoms with van der Waals surface area (Å²) in [5, 5.41) is 2.69. The standard InChI is InChI=1S/C59H44S/c1-3-11-42(12-4-1)58(43-13-5-2-6-14-43)52-17-9-7-15-46(52)48-23-19-39(33-55(48)58)41-21-25-50-49-24-20-40(34-56(49)60-57(50)35-41)38-22-26-54-51(32-38)47-16-8-10-18-53(47)59(54)44-28-36-27-37(30-44)31-45(59)29-36/h1-26,32-37,44-45H,27-31H2. The summed E-state index contributed by atoms with van der Waals surface area (Å²) in [6.45, 7) is 0. The first-order valence-electron chi connectivity index (χ1n) is 22.2. The lowest BCUT2D eigenvalue weighted by molar-refractivity contribution is -0.0399. The van der Waals surface area contributed by atoms with Gasteiger partial charge in [-0.05, 0) is 158 Å². The maximum Gasteiger partial charge on any atom is 0.0713 e. The summed E-state index contributed by atoms with van der Waals surface area (Å²) in [6, 6.07) is 69.9. The van der Waals surface area contributed by atoms with Gasteiger partial charge in [0, 0.05) is 25.6 Å². The van der Waals surface area contributed by atoms with Crippen molar-refractivity contribution in [2.24, 2.45) is 23.7 Å². The average molecular weight is 785 g/mol. The van der Waals surface area contributed by atoms with Crippen LogP contribution in [0.2, 0.25) is 0 Å². The Balaban J connectivity index is 0.868. The molecule has 0 unspecified atom stereocenters. The van der Waals surface area contributed by atoms with Gasteiger partial charge in [0.15, 0.2) is 0 Å². The van der Waals surface area contributed by atoms with Crippen molar-refractivity contribution in [2.75, 3.05) is 0 Å². The molecule has 0 aliphatic heterocycles. The summed E-state index contributed by atoms with van der Waals surface area (Å²) >= 11 is 1.94. The zero-order valence-electron chi connectivity index (χ0n) is 33.6. The zero-order chi connectivity index (χ0) is 39.2. The predicted octanol–water partition coefficient (Wildman–Crippen LogP) is 15.5. The molecule has 0 atom stereocenters. The van der Waals surface area contributed by atoms with E-state index in [1.54, 1.807) is 11.1 Å². The Labute approximate surface area is 356 Å². The second kappa shape index (κ2) is 12.3. The van der Waals surface area contributed by atoms with Crippen molar-refractivity contribution in [1.29, 1.82) is 0 Å². The molecule has 4 saturated carbocycles. The molecule has 0 radical (unpaired) electrons. The van der Waals surface area contributed by atoms with Crippen LogP contribution in [-0.2, 0) is 10.8 Å². The zero-order valence-corrected chi connectivity index (χ0v) is 34.4. The Morgan fingerprint density at radius 3 is 1.45 bits per heavy atom. The van der Waals surface area contributed by atoms with Crippen molar-refractivity contribution in [1.82, 2.24) is 0 Å². The Kier molecular flexibility index (Phi) is 6.91. The third-order valence-electron chi connectivity index (χ3n) is 16.2. The summed E-state index contributed by atoms with van der Waals surface area (Å²) in [5.41, 5.74) is 19.2. The van der Waals surface area contributed by atoms with Crippen molar-refractivity contribution in [2.45, 2.75) is 42.9 Å². The van der Waals surface area contributed by atoms with Crippen molar-refractivity contribution in [3.8, 4) is 44.5 Å². The molecule has 4 fully saturated rings. The molecule has 6 aliphatic carbocycles. The van der Waals surface area contributed by atoms with Crippen molar-refractivity contribution < 1.29 is 0 Å². The number of thiophene rings is 1. The fraction of sp³-hybridized carbons (Fsp3) is 0.186. The number of benzene rings is 8. The highest BCUT2D eigenvalue weighted by atomic mass is 32.1. The van der Waals surface area contributed by atoms with Gasteiger partial charge in [0.05, 0.1) is 5.41 Å². The third kappa shape index (κ3) is 4.36. The summed E-state index contributed by atoms with van der Waals surface area (Å²) in [7, 11) is 0. The fourth-order valence-electron chi connectivity index (χ4n) is 14.1. The van der Waals surface area contributed by atoms with Gasteiger partial charge in [0.2, 0.25) is 0 Å². The van der Waals surface area contributed by atoms with E-state index in [2.05, 4.69) is 182 Å². The quantitative estimate of drug-likeness (QED) is 0.167. The molecular weight excluding hydrogens is 741 g/mol. The predicted molar refractivity (Wildman–Crippen MR) is 251 cm³/mol. The molecule has 9 aromatic rings. The van der Waals surface area contributed by atoms with Crippen LogP contribution in [-0.4, -0.2) is 0 Å². The first kappa shape index (κ1) is 33.8. The molecule has 1 aromatic heterocycles. The summed E-state index contributed by atoms with van der Waals surface area (Å²) in [4.78, 5) is 0. The molecule has 15 rings (SSSR count). The van der Waals surface area contributed by atoms with Gasteiger partial charge >= 0.3 is 0 Å². The molecule has 1 heterocycles. The summed E-state index contributed by atoms with van der Waals surface area (Å²) in [6.07, 6.45) is 7.20. The van der Waals surface area contributed by atoms with Gasteiger partial charge in [-0.2, -0.15) is 0 Å². The molecule has 4 bridgehead atoms. The van der Waals surface area contributed by atoms with Gasteiger partial charge in [-0.15, -0.1) is 11.3 Å². The van der Waals surface area contributed by atoms with Crippen LogP contribution < -0.4 is 0 Å². The average Bonchev–Trinajstić information content (AvgIpc) is 3.92. The minimum Gasteiger partial charge on any atom is -0.135 e. The molecule has 0 amide bonds. The van der Waals surface area contributed by atoms with Crippen molar-refractivity contribution in [3.05, 3.63) is 215 Å². The number of fused-ring (bicyclic) bond motifs is 9. The smallest absolute Gasteiger partial charge is 0.0713 e. The fourth-order valence-corrected chi connectivity index (χ4v) is 15.3. The lowest BCUT2D eigenvalue weighted by Crippen LogP contribution is -2.55. The summed E-state index contributed by atoms with van der Waals surface area (Å²) in [5.74, 6) is 3.51. The van der Waals surface area contributed by atoms with Gasteiger partial charge in [0.25, 0.3) is 0 Å². The van der Waals surface area contributed by atoms with E-state index >= 15 is 0 Å². The van der Waals surface area contributed by atoms with E-state index < -0.39 is 5.41 Å². The second-order valence-electron chi connectivity index (χ2n) is 18.8. The molecule has 286 valence electrons. The Morgan fingerprint density at radius 2 is 0.817 bits per heavy atom. The minimum absolute atomic E-state index is 0.221. The van der Waals surface area contributed by atoms with Crippen LogP contribution in [0, 0.1) is 23.7 Å². The van der Waals surface area contributed by atoms with Crippen LogP contribution in [0.5, 0.6) is 0 Å². The van der Waals surface area contributed by atoms with Crippen molar-refractivity contribution in [3.63, 3.8) is 0 Å². The highest BCUT2D eigenvalue weighted by Gasteiger charge is 2.61. The highest BCUT2D eigenvalue weighted by molar-refractivity contribution is 7.25. The topological polar surface area (TPSA) is 0 Å². The molecule has 60 heavy (non-hydrogen) atoms. The van der Waals surface area contributed by atoms with E-state index in [-0.39, 0.29) is 5.41 Å². The molecule has 0 saturated heterocycles. The van der Waals surface area contributed by atoms with Crippen LogP contribution in [0.25, 0.3) is 64.7 Å². The van der Waals surface area contributed by atoms with Gasteiger partial charge in [0.1, 0.15) is 0 Å². The van der Waals surface area contributed by atoms with E-state index in [0.717, 1.165) is 23.7 Å². The Hall–Kier alpha value is -6.02. The molecule has 1 heteroatoms. The maximum absolute atomic E-state index is 2.56. The van der Waals surface area contributed by atoms with Crippen LogP contribution >= 0.6 is 11.3 Å². The Morgan fingerprint density at radius 1 is 0.350 bits per heavy atom. The van der Waals surface area contributed by atoms with E-state index in [0.29, 0.717) is 0 Å². The number of hydrogen-bond acceptors (Lipinski definition) is 1. The van der Waals surface area contributed by atoms with Gasteiger partial charge < -0.3 is 0 Å². The lowest BCUT2D eigenvalue weighted by atomic mass is 9.43. The van der Waals surface area contributed by atoms with E-state index in [4.69, 9.17) is 0 Å². The first-order chi connectivity index (χ1) is 29.7. The molecule has 1 spiro atoms. The highest BCUT2D eigenvalue weighted by Crippen LogP contribution is 2.69. The van der Waals surface area contributed by atoms with Crippen LogP contribution in [0.4, 0.5) is 0 Å². The third-order valence-corrected chi connectivity index (χ3v) is 17.3. The monoisotopic (exact) mass is 784 g/mol. The van der Waals surface area contributed by atoms with Crippen LogP contribution in [0.3, 0.4) is 0 Å². The molecule has 0 nitrogen and oxygen atoms in total. The molecular formula is C59H44S. The summed E-state index contributed by atoms with van der Waals surface area (Å²) < 4.78 is 2.70. The molecule has 6 aliphatic rings. The van der Waals surface area contributed by atoms with E-state index in [1.165, 1.54) is 119 Å². The number of rotatable bonds is 4. The van der Waals surface area contributed by atoms with Gasteiger partial charge in [-0.1, -0.05) is 158 Å². The van der Waals surface area contributed by atoms with Crippen molar-refractivity contribution >= 4 is 31.5 Å². The van der Waals surface area contributed by atoms with E-state index in [9.17, 15) is 0 Å². The van der Waals surface area contributed by atoms with Crippen LogP contribution in [0.15, 0.2) is 182 Å². The SMILES string of the molecule is c1ccc(C2(c3ccccc3)c3ccccc3-c3ccc(-c4ccc5c(c4)sc4cc(-c6ccc7c(c6)-c6ccccc6C76C7CC8CC(C7)CC6C8)ccc45)cc32)cc1. The lowest BCUT2D eigenvalue weighted by Gasteiger charge is -2.61. The first-order valence-corrected chi connectivity index (χ1v) is 23.1.